The van der Waals surface area contributed by atoms with Gasteiger partial charge in [0.15, 0.2) is 0 Å². The summed E-state index contributed by atoms with van der Waals surface area (Å²) in [4.78, 5) is 19.2. The van der Waals surface area contributed by atoms with Gasteiger partial charge in [-0.25, -0.2) is 18.2 Å². The van der Waals surface area contributed by atoms with Crippen molar-refractivity contribution in [1.29, 1.82) is 0 Å². The fraction of sp³-hybridized carbons (Fsp3) is 0.484. The molecule has 9 heteroatoms. The number of hydrogen-bond donors (Lipinski definition) is 3. The Hall–Kier alpha value is -3.01. The van der Waals surface area contributed by atoms with Crippen LogP contribution in [-0.4, -0.2) is 65.7 Å². The zero-order valence-corrected chi connectivity index (χ0v) is 24.3. The first-order chi connectivity index (χ1) is 19.0. The molecule has 1 saturated heterocycles. The highest BCUT2D eigenvalue weighted by Crippen LogP contribution is 2.40. The van der Waals surface area contributed by atoms with E-state index in [2.05, 4.69) is 36.0 Å². The van der Waals surface area contributed by atoms with Crippen molar-refractivity contribution in [2.45, 2.75) is 53.3 Å². The minimum Gasteiger partial charge on any atom is -0.389 e. The molecule has 1 fully saturated rings. The number of halogens is 3. The number of aldehydes is 1. The molecule has 3 N–H and O–H groups in total. The van der Waals surface area contributed by atoms with Gasteiger partial charge in [0.2, 0.25) is 0 Å². The first kappa shape index (κ1) is 33.2. The van der Waals surface area contributed by atoms with E-state index in [0.717, 1.165) is 35.2 Å². The van der Waals surface area contributed by atoms with Crippen LogP contribution in [0.3, 0.4) is 0 Å². The Morgan fingerprint density at radius 1 is 1.12 bits per heavy atom. The van der Waals surface area contributed by atoms with Crippen LogP contribution in [0.5, 0.6) is 0 Å². The molecule has 40 heavy (non-hydrogen) atoms. The highest BCUT2D eigenvalue weighted by molar-refractivity contribution is 5.57. The number of benzene rings is 2. The summed E-state index contributed by atoms with van der Waals surface area (Å²) >= 11 is 0. The number of aromatic amines is 1. The summed E-state index contributed by atoms with van der Waals surface area (Å²) in [7, 11) is 1.99. The lowest BCUT2D eigenvalue weighted by atomic mass is 9.82. The van der Waals surface area contributed by atoms with Crippen molar-refractivity contribution in [1.82, 2.24) is 20.2 Å². The van der Waals surface area contributed by atoms with Crippen molar-refractivity contribution in [2.75, 3.05) is 33.3 Å². The molecule has 0 spiro atoms. The average molecular weight is 561 g/mol. The molecule has 3 aromatic rings. The second kappa shape index (κ2) is 15.7. The van der Waals surface area contributed by atoms with Gasteiger partial charge in [0.25, 0.3) is 0 Å². The van der Waals surface area contributed by atoms with Gasteiger partial charge < -0.3 is 20.2 Å². The number of nitrogens with one attached hydrogen (secondary N) is 2. The molecule has 2 heterocycles. The first-order valence-corrected chi connectivity index (χ1v) is 13.7. The molecule has 0 amide bonds. The van der Waals surface area contributed by atoms with Gasteiger partial charge in [-0.1, -0.05) is 65.0 Å². The van der Waals surface area contributed by atoms with Gasteiger partial charge in [-0.3, -0.25) is 4.90 Å². The monoisotopic (exact) mass is 560 g/mol. The van der Waals surface area contributed by atoms with Crippen molar-refractivity contribution in [3.8, 4) is 11.4 Å². The average Bonchev–Trinajstić information content (AvgIpc) is 3.52. The van der Waals surface area contributed by atoms with E-state index in [9.17, 15) is 13.2 Å². The molecule has 0 bridgehead atoms. The Balaban J connectivity index is 0.000000858. The van der Waals surface area contributed by atoms with Crippen LogP contribution in [0, 0.1) is 23.0 Å². The summed E-state index contributed by atoms with van der Waals surface area (Å²) in [5.41, 5.74) is 2.56. The standard InChI is InChI=1S/C27H33F3N4.C2H4O2.C2H6/c1-27(2,3)25(34(4)16-18-14-31-15-22(18)30)24-23(12-17-8-6-5-7-9-17)32-26(33-24)20-13-19(28)10-11-21(20)29;3-1-2-4;1-2/h5-11,13,18,22,25,31H,12,14-16H2,1-4H3,(H,32,33);1,4H,2H2;1-2H3. The predicted octanol–water partition coefficient (Wildman–Crippen LogP) is 5.73. The maximum Gasteiger partial charge on any atom is 0.145 e. The quantitative estimate of drug-likeness (QED) is 0.307. The molecule has 3 atom stereocenters. The summed E-state index contributed by atoms with van der Waals surface area (Å²) in [6.45, 7) is 11.6. The Morgan fingerprint density at radius 3 is 2.33 bits per heavy atom. The third-order valence-electron chi connectivity index (χ3n) is 6.59. The van der Waals surface area contributed by atoms with Gasteiger partial charge in [-0.05, 0) is 36.2 Å². The third kappa shape index (κ3) is 9.01. The van der Waals surface area contributed by atoms with Gasteiger partial charge in [0.05, 0.1) is 23.9 Å². The van der Waals surface area contributed by atoms with Gasteiger partial charge in [0, 0.05) is 37.7 Å². The van der Waals surface area contributed by atoms with Crippen LogP contribution >= 0.6 is 0 Å². The second-order valence-electron chi connectivity index (χ2n) is 10.7. The van der Waals surface area contributed by atoms with Crippen LogP contribution < -0.4 is 5.32 Å². The molecule has 3 unspecified atom stereocenters. The number of nitrogens with zero attached hydrogens (tertiary/aromatic N) is 2. The van der Waals surface area contributed by atoms with Crippen molar-refractivity contribution in [3.05, 3.63) is 77.1 Å². The number of hydrogen-bond acceptors (Lipinski definition) is 5. The largest absolute Gasteiger partial charge is 0.389 e. The van der Waals surface area contributed by atoms with Gasteiger partial charge in [0.1, 0.15) is 29.9 Å². The molecule has 1 aliphatic rings. The lowest BCUT2D eigenvalue weighted by Crippen LogP contribution is -2.39. The Morgan fingerprint density at radius 2 is 1.77 bits per heavy atom. The Bertz CT molecular complexity index is 1180. The molecule has 1 aromatic heterocycles. The molecular weight excluding hydrogens is 517 g/mol. The number of H-pyrrole nitrogens is 1. The van der Waals surface area contributed by atoms with Crippen molar-refractivity contribution in [3.63, 3.8) is 0 Å². The molecule has 0 saturated carbocycles. The number of carbonyl (C=O) groups is 1. The fourth-order valence-electron chi connectivity index (χ4n) is 5.03. The number of alkyl halides is 1. The second-order valence-corrected chi connectivity index (χ2v) is 10.7. The molecule has 0 radical (unpaired) electrons. The lowest BCUT2D eigenvalue weighted by molar-refractivity contribution is -0.110. The molecule has 2 aromatic carbocycles. The Kier molecular flexibility index (Phi) is 13.0. The van der Waals surface area contributed by atoms with Crippen LogP contribution in [0.15, 0.2) is 48.5 Å². The van der Waals surface area contributed by atoms with Crippen LogP contribution in [0.1, 0.15) is 57.6 Å². The SMILES string of the molecule is CC.CN(CC1CNCC1F)C(c1nc(-c2cc(F)ccc2F)[nH]c1Cc1ccccc1)C(C)(C)C.O=CCO. The Labute approximate surface area is 236 Å². The van der Waals surface area contributed by atoms with Crippen molar-refractivity contribution in [2.24, 2.45) is 11.3 Å². The molecule has 6 nitrogen and oxygen atoms in total. The number of aliphatic hydroxyl groups excluding tert-OH is 1. The number of aliphatic hydroxyl groups is 1. The van der Waals surface area contributed by atoms with E-state index in [4.69, 9.17) is 14.9 Å². The zero-order chi connectivity index (χ0) is 29.9. The summed E-state index contributed by atoms with van der Waals surface area (Å²) in [6.07, 6.45) is 0.111. The number of carbonyl (C=O) groups excluding carboxylic acids is 1. The maximum absolute atomic E-state index is 14.6. The smallest absolute Gasteiger partial charge is 0.145 e. The number of rotatable bonds is 8. The van der Waals surface area contributed by atoms with E-state index in [1.807, 2.05) is 51.2 Å². The van der Waals surface area contributed by atoms with Gasteiger partial charge in [-0.2, -0.15) is 0 Å². The lowest BCUT2D eigenvalue weighted by Gasteiger charge is -2.39. The predicted molar refractivity (Wildman–Crippen MR) is 154 cm³/mol. The van der Waals surface area contributed by atoms with E-state index in [0.29, 0.717) is 38.2 Å². The number of imidazole rings is 1. The minimum absolute atomic E-state index is 0.0969. The fourth-order valence-corrected chi connectivity index (χ4v) is 5.03. The molecular formula is C31H43F3N4O2. The van der Waals surface area contributed by atoms with Crippen LogP contribution in [0.2, 0.25) is 0 Å². The molecule has 1 aliphatic heterocycles. The van der Waals surface area contributed by atoms with E-state index in [1.165, 1.54) is 0 Å². The summed E-state index contributed by atoms with van der Waals surface area (Å²) < 4.78 is 43.0. The number of aromatic nitrogens is 2. The third-order valence-corrected chi connectivity index (χ3v) is 6.59. The van der Waals surface area contributed by atoms with E-state index in [1.54, 1.807) is 0 Å². The summed E-state index contributed by atoms with van der Waals surface area (Å²) in [5.74, 6) is -0.866. The van der Waals surface area contributed by atoms with Crippen molar-refractivity contribution < 1.29 is 23.1 Å². The van der Waals surface area contributed by atoms with Gasteiger partial charge in [-0.15, -0.1) is 0 Å². The minimum atomic E-state index is -0.886. The van der Waals surface area contributed by atoms with Crippen LogP contribution in [-0.2, 0) is 11.2 Å². The maximum atomic E-state index is 14.6. The molecule has 0 aliphatic carbocycles. The van der Waals surface area contributed by atoms with E-state index < -0.39 is 17.8 Å². The first-order valence-electron chi connectivity index (χ1n) is 13.7. The zero-order valence-electron chi connectivity index (χ0n) is 24.3. The van der Waals surface area contributed by atoms with Gasteiger partial charge >= 0.3 is 0 Å². The topological polar surface area (TPSA) is 81.2 Å². The molecule has 220 valence electrons. The van der Waals surface area contributed by atoms with E-state index in [-0.39, 0.29) is 29.5 Å². The molecule has 4 rings (SSSR count). The normalized spacial score (nSPS) is 17.5. The summed E-state index contributed by atoms with van der Waals surface area (Å²) in [5, 5.41) is 10.6. The summed E-state index contributed by atoms with van der Waals surface area (Å²) in [6, 6.07) is 13.2. The van der Waals surface area contributed by atoms with Crippen molar-refractivity contribution >= 4 is 6.29 Å². The van der Waals surface area contributed by atoms with Crippen LogP contribution in [0.4, 0.5) is 13.2 Å². The highest BCUT2D eigenvalue weighted by atomic mass is 19.1. The highest BCUT2D eigenvalue weighted by Gasteiger charge is 2.37. The van der Waals surface area contributed by atoms with E-state index >= 15 is 0 Å². The van der Waals surface area contributed by atoms with Crippen LogP contribution in [0.25, 0.3) is 11.4 Å².